The van der Waals surface area contributed by atoms with Crippen molar-refractivity contribution in [2.75, 3.05) is 26.2 Å². The van der Waals surface area contributed by atoms with Gasteiger partial charge in [0.05, 0.1) is 41.8 Å². The number of nitrogens with zero attached hydrogens (tertiary/aromatic N) is 1. The lowest BCUT2D eigenvalue weighted by atomic mass is 9.69. The molecule has 0 aromatic carbocycles. The van der Waals surface area contributed by atoms with Gasteiger partial charge < -0.3 is 32.2 Å². The highest BCUT2D eigenvalue weighted by atomic mass is 35.5. The molecule has 7 N–H and O–H groups in total. The fourth-order valence-electron chi connectivity index (χ4n) is 6.01. The number of carbonyl (C=O) groups excluding carboxylic acids is 1. The van der Waals surface area contributed by atoms with Crippen molar-refractivity contribution < 1.29 is 9.53 Å². The molecule has 9 heteroatoms. The van der Waals surface area contributed by atoms with Crippen molar-refractivity contribution in [2.45, 2.75) is 107 Å². The Balaban J connectivity index is 1.74. The minimum absolute atomic E-state index is 0.0207. The van der Waals surface area contributed by atoms with Crippen LogP contribution in [0.1, 0.15) is 71.6 Å². The maximum Gasteiger partial charge on any atom is 0.228 e. The van der Waals surface area contributed by atoms with Gasteiger partial charge in [-0.15, -0.1) is 11.6 Å². The van der Waals surface area contributed by atoms with Crippen LogP contribution in [-0.4, -0.2) is 74.1 Å². The summed E-state index contributed by atoms with van der Waals surface area (Å²) in [5.41, 5.74) is 12.6. The van der Waals surface area contributed by atoms with E-state index in [9.17, 15) is 4.79 Å². The Hall–Kier alpha value is -0.770. The third-order valence-electron chi connectivity index (χ3n) is 8.06. The van der Waals surface area contributed by atoms with Crippen molar-refractivity contribution in [1.82, 2.24) is 16.0 Å². The third-order valence-corrected chi connectivity index (χ3v) is 8.39. The van der Waals surface area contributed by atoms with Gasteiger partial charge in [-0.3, -0.25) is 9.79 Å². The maximum atomic E-state index is 13.7. The fraction of sp³-hybridized carbons (Fsp3) is 0.920. The molecule has 0 spiro atoms. The molecule has 196 valence electrons. The summed E-state index contributed by atoms with van der Waals surface area (Å²) in [6, 6.07) is -0.402. The summed E-state index contributed by atoms with van der Waals surface area (Å²) in [6.45, 7) is 7.92. The normalized spacial score (nSPS) is 36.0. The van der Waals surface area contributed by atoms with E-state index >= 15 is 0 Å². The van der Waals surface area contributed by atoms with Crippen LogP contribution >= 0.6 is 11.6 Å². The number of carbonyl (C=O) groups is 1. The monoisotopic (exact) mass is 498 g/mol. The molecular weight excluding hydrogens is 452 g/mol. The van der Waals surface area contributed by atoms with E-state index in [1.54, 1.807) is 6.21 Å². The number of alkyl halides is 1. The fourth-order valence-corrected chi connectivity index (χ4v) is 6.18. The van der Waals surface area contributed by atoms with Crippen molar-refractivity contribution in [1.29, 1.82) is 0 Å². The van der Waals surface area contributed by atoms with E-state index in [4.69, 9.17) is 32.8 Å². The average molecular weight is 499 g/mol. The first-order valence-corrected chi connectivity index (χ1v) is 13.9. The Labute approximate surface area is 210 Å². The maximum absolute atomic E-state index is 13.7. The molecule has 2 fully saturated rings. The Morgan fingerprint density at radius 3 is 2.71 bits per heavy atom. The number of aliphatic imine (C=N–C) groups is 1. The van der Waals surface area contributed by atoms with E-state index in [1.807, 2.05) is 0 Å². The smallest absolute Gasteiger partial charge is 0.228 e. The summed E-state index contributed by atoms with van der Waals surface area (Å²) < 4.78 is 6.44. The van der Waals surface area contributed by atoms with Gasteiger partial charge in [-0.25, -0.2) is 0 Å². The lowest BCUT2D eigenvalue weighted by molar-refractivity contribution is -0.130. The molecule has 0 saturated carbocycles. The Morgan fingerprint density at radius 1 is 1.24 bits per heavy atom. The standard InChI is InChI=1S/C25H47ClN6O2/c1-3-9-25(4-2)10-7-17(26)14-31-19(13-25)22(23(27)28)24(33)32-20-16-30-12-8-21(20)34-18-6-5-11-29-15-18/h14,17-23,29-30H,3-13,15-16,27-28H2,1-2H3,(H,32,33)/t17?,18-,19?,20?,21?,22?,25?/m0/s1. The van der Waals surface area contributed by atoms with Crippen LogP contribution in [0.5, 0.6) is 0 Å². The average Bonchev–Trinajstić information content (AvgIpc) is 2.82. The third kappa shape index (κ3) is 7.61. The van der Waals surface area contributed by atoms with Crippen LogP contribution in [0.2, 0.25) is 0 Å². The van der Waals surface area contributed by atoms with Gasteiger partial charge in [0.1, 0.15) is 0 Å². The molecule has 1 amide bonds. The molecule has 3 aliphatic heterocycles. The molecule has 2 saturated heterocycles. The Morgan fingerprint density at radius 2 is 2.03 bits per heavy atom. The van der Waals surface area contributed by atoms with Gasteiger partial charge in [-0.1, -0.05) is 26.7 Å². The first kappa shape index (κ1) is 27.8. The van der Waals surface area contributed by atoms with Crippen molar-refractivity contribution in [3.05, 3.63) is 0 Å². The predicted molar refractivity (Wildman–Crippen MR) is 139 cm³/mol. The van der Waals surface area contributed by atoms with Crippen LogP contribution in [0.25, 0.3) is 0 Å². The van der Waals surface area contributed by atoms with Crippen LogP contribution in [0, 0.1) is 11.3 Å². The molecule has 3 rings (SSSR count). The minimum atomic E-state index is -0.801. The van der Waals surface area contributed by atoms with Gasteiger partial charge in [0.25, 0.3) is 0 Å². The van der Waals surface area contributed by atoms with Gasteiger partial charge in [-0.2, -0.15) is 0 Å². The zero-order chi connectivity index (χ0) is 24.6. The summed E-state index contributed by atoms with van der Waals surface area (Å²) in [5.74, 6) is -0.741. The second kappa shape index (κ2) is 13.5. The number of piperidine rings is 2. The molecule has 34 heavy (non-hydrogen) atoms. The molecule has 7 atom stereocenters. The number of halogens is 1. The van der Waals surface area contributed by atoms with Crippen molar-refractivity contribution in [3.63, 3.8) is 0 Å². The number of amides is 1. The summed E-state index contributed by atoms with van der Waals surface area (Å²) in [6.07, 6.45) is 10.2. The van der Waals surface area contributed by atoms with Crippen LogP contribution in [0.3, 0.4) is 0 Å². The van der Waals surface area contributed by atoms with E-state index < -0.39 is 12.1 Å². The SMILES string of the molecule is CCCC1(CC)CCC(Cl)C=NC(C(C(=O)NC2CNCCC2O[C@H]2CCCNC2)C(N)N)C1. The summed E-state index contributed by atoms with van der Waals surface area (Å²) >= 11 is 6.53. The molecule has 8 nitrogen and oxygen atoms in total. The summed E-state index contributed by atoms with van der Waals surface area (Å²) in [7, 11) is 0. The molecule has 0 aromatic rings. The van der Waals surface area contributed by atoms with Crippen molar-refractivity contribution in [3.8, 4) is 0 Å². The predicted octanol–water partition coefficient (Wildman–Crippen LogP) is 1.89. The van der Waals surface area contributed by atoms with E-state index in [2.05, 4.69) is 29.8 Å². The van der Waals surface area contributed by atoms with Crippen LogP contribution in [0.4, 0.5) is 0 Å². The van der Waals surface area contributed by atoms with Crippen LogP contribution in [0.15, 0.2) is 4.99 Å². The van der Waals surface area contributed by atoms with Gasteiger partial charge in [0, 0.05) is 19.3 Å². The van der Waals surface area contributed by atoms with Crippen LogP contribution in [-0.2, 0) is 9.53 Å². The lowest BCUT2D eigenvalue weighted by Crippen LogP contribution is -2.60. The topological polar surface area (TPSA) is 127 Å². The number of ether oxygens (including phenoxy) is 1. The molecule has 3 heterocycles. The van der Waals surface area contributed by atoms with Gasteiger partial charge in [0.15, 0.2) is 0 Å². The molecule has 6 unspecified atom stereocenters. The second-order valence-corrected chi connectivity index (χ2v) is 11.1. The van der Waals surface area contributed by atoms with Gasteiger partial charge in [0.2, 0.25) is 5.91 Å². The second-order valence-electron chi connectivity index (χ2n) is 10.6. The van der Waals surface area contributed by atoms with Crippen molar-refractivity contribution >= 4 is 23.7 Å². The highest BCUT2D eigenvalue weighted by Gasteiger charge is 2.41. The zero-order valence-corrected chi connectivity index (χ0v) is 21.9. The molecule has 3 aliphatic rings. The number of nitrogens with two attached hydrogens (primary N) is 2. The Kier molecular flexibility index (Phi) is 11.1. The highest BCUT2D eigenvalue weighted by Crippen LogP contribution is 2.42. The van der Waals surface area contributed by atoms with E-state index in [0.29, 0.717) is 6.54 Å². The number of rotatable bonds is 9. The number of hydrogen-bond donors (Lipinski definition) is 5. The summed E-state index contributed by atoms with van der Waals surface area (Å²) in [5, 5.41) is 9.92. The first-order valence-electron chi connectivity index (χ1n) is 13.4. The van der Waals surface area contributed by atoms with Crippen LogP contribution < -0.4 is 27.4 Å². The summed E-state index contributed by atoms with van der Waals surface area (Å²) in [4.78, 5) is 18.5. The molecule has 0 radical (unpaired) electrons. The molecule has 0 aliphatic carbocycles. The van der Waals surface area contributed by atoms with Crippen molar-refractivity contribution in [2.24, 2.45) is 27.8 Å². The van der Waals surface area contributed by atoms with Gasteiger partial charge >= 0.3 is 0 Å². The molecular formula is C25H47ClN6O2. The number of hydrogen-bond acceptors (Lipinski definition) is 7. The quantitative estimate of drug-likeness (QED) is 0.244. The lowest BCUT2D eigenvalue weighted by Gasteiger charge is -2.41. The largest absolute Gasteiger partial charge is 0.371 e. The molecule has 0 aromatic heterocycles. The molecule has 0 bridgehead atoms. The van der Waals surface area contributed by atoms with E-state index in [1.165, 1.54) is 0 Å². The Bertz CT molecular complexity index is 659. The first-order chi connectivity index (χ1) is 16.4. The zero-order valence-electron chi connectivity index (χ0n) is 21.1. The van der Waals surface area contributed by atoms with Gasteiger partial charge in [-0.05, 0) is 63.5 Å². The van der Waals surface area contributed by atoms with E-state index in [0.717, 1.165) is 77.4 Å². The van der Waals surface area contributed by atoms with E-state index in [-0.39, 0.29) is 41.0 Å². The highest BCUT2D eigenvalue weighted by molar-refractivity contribution is 6.28. The number of nitrogens with one attached hydrogen (secondary N) is 3. The minimum Gasteiger partial charge on any atom is -0.371 e.